The van der Waals surface area contributed by atoms with Gasteiger partial charge in [-0.1, -0.05) is 29.8 Å². The van der Waals surface area contributed by atoms with Crippen LogP contribution in [0.15, 0.2) is 59.4 Å². The largest absolute Gasteiger partial charge is 0.441 e. The van der Waals surface area contributed by atoms with Crippen LogP contribution in [0.3, 0.4) is 0 Å². The number of carbonyl (C=O) groups excluding carboxylic acids is 2. The molecule has 0 saturated heterocycles. The lowest BCUT2D eigenvalue weighted by Crippen LogP contribution is -2.41. The van der Waals surface area contributed by atoms with Gasteiger partial charge in [0.25, 0.3) is 5.91 Å². The van der Waals surface area contributed by atoms with Gasteiger partial charge in [0.15, 0.2) is 11.7 Å². The summed E-state index contributed by atoms with van der Waals surface area (Å²) in [5.74, 6) is 0.362. The Hall–Kier alpha value is -3.48. The molecular formula is C19H18N4O3. The molecule has 0 radical (unpaired) electrons. The minimum Gasteiger partial charge on any atom is -0.441 e. The van der Waals surface area contributed by atoms with E-state index in [9.17, 15) is 9.59 Å². The molecule has 26 heavy (non-hydrogen) atoms. The third-order valence-electron chi connectivity index (χ3n) is 3.69. The molecule has 0 bridgehead atoms. The molecule has 3 aromatic rings. The Labute approximate surface area is 150 Å². The molecular weight excluding hydrogens is 332 g/mol. The number of aromatic nitrogens is 2. The van der Waals surface area contributed by atoms with E-state index in [1.54, 1.807) is 24.5 Å². The molecule has 0 aliphatic carbocycles. The van der Waals surface area contributed by atoms with Gasteiger partial charge < -0.3 is 4.42 Å². The Morgan fingerprint density at radius 2 is 1.88 bits per heavy atom. The number of benzene rings is 1. The fourth-order valence-electron chi connectivity index (χ4n) is 2.26. The standard InChI is InChI=1S/C19H18N4O3/c1-13-4-6-14(7-5-13)16-12-21-18(26-16)9-8-17(24)22-23-19(25)15-3-2-10-20-11-15/h2-7,10-12H,8-9H2,1H3,(H,22,24)(H,23,25). The van der Waals surface area contributed by atoms with Gasteiger partial charge in [0.1, 0.15) is 0 Å². The highest BCUT2D eigenvalue weighted by atomic mass is 16.4. The number of hydrogen-bond acceptors (Lipinski definition) is 5. The van der Waals surface area contributed by atoms with E-state index in [-0.39, 0.29) is 12.3 Å². The van der Waals surface area contributed by atoms with Crippen molar-refractivity contribution < 1.29 is 14.0 Å². The van der Waals surface area contributed by atoms with E-state index in [1.165, 1.54) is 11.8 Å². The van der Waals surface area contributed by atoms with Crippen molar-refractivity contribution in [1.29, 1.82) is 0 Å². The molecule has 7 heteroatoms. The number of rotatable bonds is 5. The molecule has 0 saturated carbocycles. The number of carbonyl (C=O) groups is 2. The van der Waals surface area contributed by atoms with E-state index in [0.29, 0.717) is 23.6 Å². The maximum absolute atomic E-state index is 11.9. The molecule has 0 aliphatic rings. The van der Waals surface area contributed by atoms with Crippen molar-refractivity contribution in [3.63, 3.8) is 0 Å². The number of oxazole rings is 1. The van der Waals surface area contributed by atoms with Crippen molar-refractivity contribution in [2.45, 2.75) is 19.8 Å². The predicted molar refractivity (Wildman–Crippen MR) is 94.8 cm³/mol. The minimum absolute atomic E-state index is 0.140. The molecule has 0 spiro atoms. The molecule has 0 unspecified atom stereocenters. The van der Waals surface area contributed by atoms with Crippen LogP contribution in [0.25, 0.3) is 11.3 Å². The summed E-state index contributed by atoms with van der Waals surface area (Å²) in [6.07, 6.45) is 5.10. The molecule has 0 aliphatic heterocycles. The van der Waals surface area contributed by atoms with Gasteiger partial charge >= 0.3 is 0 Å². The van der Waals surface area contributed by atoms with Gasteiger partial charge in [-0.3, -0.25) is 25.4 Å². The van der Waals surface area contributed by atoms with Gasteiger partial charge in [-0.15, -0.1) is 0 Å². The van der Waals surface area contributed by atoms with Crippen molar-refractivity contribution in [3.05, 3.63) is 72.0 Å². The molecule has 1 aromatic carbocycles. The number of nitrogens with zero attached hydrogens (tertiary/aromatic N) is 2. The first kappa shape index (κ1) is 17.3. The predicted octanol–water partition coefficient (Wildman–Crippen LogP) is 2.44. The fraction of sp³-hybridized carbons (Fsp3) is 0.158. The molecule has 0 atom stereocenters. The summed E-state index contributed by atoms with van der Waals surface area (Å²) >= 11 is 0. The topological polar surface area (TPSA) is 97.1 Å². The Bertz CT molecular complexity index is 889. The normalized spacial score (nSPS) is 10.3. The quantitative estimate of drug-likeness (QED) is 0.689. The van der Waals surface area contributed by atoms with Crippen molar-refractivity contribution in [3.8, 4) is 11.3 Å². The van der Waals surface area contributed by atoms with Crippen LogP contribution in [0, 0.1) is 6.92 Å². The number of aryl methyl sites for hydroxylation is 2. The van der Waals surface area contributed by atoms with Crippen molar-refractivity contribution in [2.24, 2.45) is 0 Å². The SMILES string of the molecule is Cc1ccc(-c2cnc(CCC(=O)NNC(=O)c3cccnc3)o2)cc1. The van der Waals surface area contributed by atoms with Crippen molar-refractivity contribution in [2.75, 3.05) is 0 Å². The molecule has 0 fully saturated rings. The van der Waals surface area contributed by atoms with Crippen LogP contribution in [0.5, 0.6) is 0 Å². The van der Waals surface area contributed by atoms with Crippen LogP contribution >= 0.6 is 0 Å². The molecule has 7 nitrogen and oxygen atoms in total. The molecule has 2 amide bonds. The second-order valence-electron chi connectivity index (χ2n) is 5.73. The van der Waals surface area contributed by atoms with Gasteiger partial charge in [-0.05, 0) is 19.1 Å². The fourth-order valence-corrected chi connectivity index (χ4v) is 2.26. The van der Waals surface area contributed by atoms with E-state index in [2.05, 4.69) is 20.8 Å². The number of hydrogen-bond donors (Lipinski definition) is 2. The molecule has 2 heterocycles. The van der Waals surface area contributed by atoms with Crippen molar-refractivity contribution >= 4 is 11.8 Å². The third kappa shape index (κ3) is 4.54. The molecule has 2 aromatic heterocycles. The van der Waals surface area contributed by atoms with Crippen LogP contribution in [0.2, 0.25) is 0 Å². The highest BCUT2D eigenvalue weighted by molar-refractivity contribution is 5.95. The Morgan fingerprint density at radius 3 is 2.62 bits per heavy atom. The van der Waals surface area contributed by atoms with Crippen LogP contribution in [-0.4, -0.2) is 21.8 Å². The number of pyridine rings is 1. The van der Waals surface area contributed by atoms with E-state index >= 15 is 0 Å². The molecule has 132 valence electrons. The zero-order valence-corrected chi connectivity index (χ0v) is 14.2. The Kier molecular flexibility index (Phi) is 5.38. The number of amides is 2. The number of nitrogens with one attached hydrogen (secondary N) is 2. The summed E-state index contributed by atoms with van der Waals surface area (Å²) in [6, 6.07) is 11.2. The summed E-state index contributed by atoms with van der Waals surface area (Å²) in [5.41, 5.74) is 7.16. The Balaban J connectivity index is 1.47. The maximum atomic E-state index is 11.9. The van der Waals surface area contributed by atoms with Gasteiger partial charge in [-0.25, -0.2) is 4.98 Å². The second-order valence-corrected chi connectivity index (χ2v) is 5.73. The third-order valence-corrected chi connectivity index (χ3v) is 3.69. The maximum Gasteiger partial charge on any atom is 0.271 e. The average molecular weight is 350 g/mol. The summed E-state index contributed by atoms with van der Waals surface area (Å²) in [7, 11) is 0. The molecule has 3 rings (SSSR count). The summed E-state index contributed by atoms with van der Waals surface area (Å²) < 4.78 is 5.67. The lowest BCUT2D eigenvalue weighted by Gasteiger charge is -2.06. The summed E-state index contributed by atoms with van der Waals surface area (Å²) in [6.45, 7) is 2.02. The van der Waals surface area contributed by atoms with Crippen LogP contribution in [0.1, 0.15) is 28.2 Å². The van der Waals surface area contributed by atoms with E-state index in [4.69, 9.17) is 4.42 Å². The average Bonchev–Trinajstić information content (AvgIpc) is 3.14. The Morgan fingerprint density at radius 1 is 1.08 bits per heavy atom. The van der Waals surface area contributed by atoms with E-state index in [0.717, 1.165) is 5.56 Å². The monoisotopic (exact) mass is 350 g/mol. The van der Waals surface area contributed by atoms with Gasteiger partial charge in [-0.2, -0.15) is 0 Å². The lowest BCUT2D eigenvalue weighted by molar-refractivity contribution is -0.121. The first-order valence-corrected chi connectivity index (χ1v) is 8.13. The first-order chi connectivity index (χ1) is 12.6. The molecule has 2 N–H and O–H groups in total. The number of hydrazine groups is 1. The second kappa shape index (κ2) is 8.06. The van der Waals surface area contributed by atoms with Crippen LogP contribution < -0.4 is 10.9 Å². The van der Waals surface area contributed by atoms with Crippen LogP contribution in [0.4, 0.5) is 0 Å². The highest BCUT2D eigenvalue weighted by Crippen LogP contribution is 2.21. The van der Waals surface area contributed by atoms with Gasteiger partial charge in [0.05, 0.1) is 11.8 Å². The van der Waals surface area contributed by atoms with Crippen molar-refractivity contribution in [1.82, 2.24) is 20.8 Å². The van der Waals surface area contributed by atoms with Crippen LogP contribution in [-0.2, 0) is 11.2 Å². The minimum atomic E-state index is -0.427. The van der Waals surface area contributed by atoms with E-state index < -0.39 is 5.91 Å². The highest BCUT2D eigenvalue weighted by Gasteiger charge is 2.10. The lowest BCUT2D eigenvalue weighted by atomic mass is 10.1. The zero-order valence-electron chi connectivity index (χ0n) is 14.2. The van der Waals surface area contributed by atoms with E-state index in [1.807, 2.05) is 31.2 Å². The smallest absolute Gasteiger partial charge is 0.271 e. The van der Waals surface area contributed by atoms with Gasteiger partial charge in [0, 0.05) is 30.8 Å². The summed E-state index contributed by atoms with van der Waals surface area (Å²) in [4.78, 5) is 31.7. The zero-order chi connectivity index (χ0) is 18.4. The first-order valence-electron chi connectivity index (χ1n) is 8.13. The summed E-state index contributed by atoms with van der Waals surface area (Å²) in [5, 5.41) is 0. The van der Waals surface area contributed by atoms with Gasteiger partial charge in [0.2, 0.25) is 5.91 Å².